The Labute approximate surface area is 179 Å². The molecule has 0 radical (unpaired) electrons. The zero-order valence-electron chi connectivity index (χ0n) is 16.8. The van der Waals surface area contributed by atoms with E-state index in [0.29, 0.717) is 32.5 Å². The van der Waals surface area contributed by atoms with Crippen LogP contribution in [0.25, 0.3) is 0 Å². The Balaban J connectivity index is 1.52. The van der Waals surface area contributed by atoms with E-state index in [-0.39, 0.29) is 17.0 Å². The molecule has 4 N–H and O–H groups in total. The molecular weight excluding hydrogens is 408 g/mol. The van der Waals surface area contributed by atoms with E-state index in [1.165, 1.54) is 24.4 Å². The number of nitrogen functional groups attached to an aromatic ring is 1. The Bertz CT molecular complexity index is 972. The number of piperidine rings is 1. The lowest BCUT2D eigenvalue weighted by Gasteiger charge is -2.42. The summed E-state index contributed by atoms with van der Waals surface area (Å²) < 4.78 is 1.62. The van der Waals surface area contributed by atoms with Crippen molar-refractivity contribution in [1.29, 1.82) is 0 Å². The molecule has 0 unspecified atom stereocenters. The number of aromatic nitrogens is 3. The maximum atomic E-state index is 12.9. The smallest absolute Gasteiger partial charge is 0.268 e. The van der Waals surface area contributed by atoms with Gasteiger partial charge < -0.3 is 16.4 Å². The summed E-state index contributed by atoms with van der Waals surface area (Å²) in [5.41, 5.74) is 12.4. The highest BCUT2D eigenvalue weighted by Gasteiger charge is 2.45. The highest BCUT2D eigenvalue weighted by molar-refractivity contribution is 7.99. The predicted octanol–water partition coefficient (Wildman–Crippen LogP) is 2.91. The van der Waals surface area contributed by atoms with Crippen LogP contribution in [0.3, 0.4) is 0 Å². The SMILES string of the molecule is C[C@H]1C[C@@H](N)C2(CCN(c3ncc(Sc4cc(N)ncc4Cl)c(=O)n3C)CC2)C1. The Morgan fingerprint density at radius 2 is 1.97 bits per heavy atom. The molecule has 2 aromatic heterocycles. The minimum atomic E-state index is -0.0991. The first kappa shape index (κ1) is 20.5. The average molecular weight is 435 g/mol. The first-order valence-corrected chi connectivity index (χ1v) is 11.1. The van der Waals surface area contributed by atoms with E-state index in [9.17, 15) is 4.79 Å². The molecular formula is C20H27ClN6OS. The lowest BCUT2D eigenvalue weighted by Crippen LogP contribution is -2.48. The van der Waals surface area contributed by atoms with Crippen LogP contribution in [0.15, 0.2) is 33.0 Å². The van der Waals surface area contributed by atoms with Crippen molar-refractivity contribution in [3.63, 3.8) is 0 Å². The van der Waals surface area contributed by atoms with Gasteiger partial charge in [-0.15, -0.1) is 0 Å². The molecule has 1 saturated carbocycles. The third-order valence-corrected chi connectivity index (χ3v) is 7.88. The van der Waals surface area contributed by atoms with E-state index in [0.717, 1.165) is 32.4 Å². The molecule has 7 nitrogen and oxygen atoms in total. The van der Waals surface area contributed by atoms with E-state index in [1.807, 2.05) is 0 Å². The fraction of sp³-hybridized carbons (Fsp3) is 0.550. The van der Waals surface area contributed by atoms with Gasteiger partial charge in [-0.2, -0.15) is 0 Å². The van der Waals surface area contributed by atoms with E-state index in [2.05, 4.69) is 21.8 Å². The molecule has 3 heterocycles. The molecule has 9 heteroatoms. The first-order valence-electron chi connectivity index (χ1n) is 9.94. The normalized spacial score (nSPS) is 23.7. The quantitative estimate of drug-likeness (QED) is 0.765. The summed E-state index contributed by atoms with van der Waals surface area (Å²) in [6.07, 6.45) is 7.55. The molecule has 2 fully saturated rings. The van der Waals surface area contributed by atoms with Gasteiger partial charge >= 0.3 is 0 Å². The van der Waals surface area contributed by atoms with Gasteiger partial charge in [0, 0.05) is 37.3 Å². The molecule has 156 valence electrons. The van der Waals surface area contributed by atoms with Crippen LogP contribution in [-0.2, 0) is 7.05 Å². The van der Waals surface area contributed by atoms with Crippen LogP contribution in [-0.4, -0.2) is 33.7 Å². The molecule has 1 aliphatic carbocycles. The van der Waals surface area contributed by atoms with Crippen molar-refractivity contribution < 1.29 is 0 Å². The van der Waals surface area contributed by atoms with Gasteiger partial charge in [-0.05, 0) is 43.1 Å². The monoisotopic (exact) mass is 434 g/mol. The minimum absolute atomic E-state index is 0.0991. The second-order valence-corrected chi connectivity index (χ2v) is 9.92. The van der Waals surface area contributed by atoms with Crippen molar-refractivity contribution in [1.82, 2.24) is 14.5 Å². The fourth-order valence-electron chi connectivity index (χ4n) is 4.85. The Morgan fingerprint density at radius 3 is 2.62 bits per heavy atom. The summed E-state index contributed by atoms with van der Waals surface area (Å²) in [6.45, 7) is 4.05. The predicted molar refractivity (Wildman–Crippen MR) is 118 cm³/mol. The second kappa shape index (κ2) is 7.81. The summed E-state index contributed by atoms with van der Waals surface area (Å²) in [7, 11) is 1.77. The highest BCUT2D eigenvalue weighted by atomic mass is 35.5. The average Bonchev–Trinajstić information content (AvgIpc) is 2.96. The van der Waals surface area contributed by atoms with Crippen LogP contribution >= 0.6 is 23.4 Å². The van der Waals surface area contributed by atoms with Crippen LogP contribution in [0.1, 0.15) is 32.6 Å². The second-order valence-electron chi connectivity index (χ2n) is 8.43. The van der Waals surface area contributed by atoms with Crippen molar-refractivity contribution in [2.75, 3.05) is 23.7 Å². The third-order valence-electron chi connectivity index (χ3n) is 6.41. The maximum absolute atomic E-state index is 12.9. The van der Waals surface area contributed by atoms with Gasteiger partial charge in [0.15, 0.2) is 0 Å². The molecule has 4 rings (SSSR count). The Hall–Kier alpha value is -1.77. The number of hydrogen-bond donors (Lipinski definition) is 2. The molecule has 2 aromatic rings. The first-order chi connectivity index (χ1) is 13.8. The van der Waals surface area contributed by atoms with Gasteiger partial charge in [-0.3, -0.25) is 9.36 Å². The minimum Gasteiger partial charge on any atom is -0.384 e. The lowest BCUT2D eigenvalue weighted by molar-refractivity contribution is 0.192. The van der Waals surface area contributed by atoms with Crippen LogP contribution in [0, 0.1) is 11.3 Å². The molecule has 2 aliphatic rings. The van der Waals surface area contributed by atoms with E-state index in [4.69, 9.17) is 23.1 Å². The number of nitrogens with two attached hydrogens (primary N) is 2. The topological polar surface area (TPSA) is 103 Å². The largest absolute Gasteiger partial charge is 0.384 e. The van der Waals surface area contributed by atoms with Gasteiger partial charge in [-0.1, -0.05) is 30.3 Å². The Morgan fingerprint density at radius 1 is 1.24 bits per heavy atom. The van der Waals surface area contributed by atoms with Crippen molar-refractivity contribution in [2.45, 2.75) is 48.4 Å². The van der Waals surface area contributed by atoms with Crippen molar-refractivity contribution in [2.24, 2.45) is 24.1 Å². The molecule has 1 saturated heterocycles. The molecule has 2 atom stereocenters. The molecule has 1 aliphatic heterocycles. The van der Waals surface area contributed by atoms with Crippen molar-refractivity contribution in [3.05, 3.63) is 33.8 Å². The highest BCUT2D eigenvalue weighted by Crippen LogP contribution is 2.48. The van der Waals surface area contributed by atoms with E-state index < -0.39 is 0 Å². The van der Waals surface area contributed by atoms with Crippen molar-refractivity contribution >= 4 is 35.1 Å². The summed E-state index contributed by atoms with van der Waals surface area (Å²) in [5.74, 6) is 1.76. The lowest BCUT2D eigenvalue weighted by atomic mass is 9.74. The number of hydrogen-bond acceptors (Lipinski definition) is 7. The van der Waals surface area contributed by atoms with Crippen LogP contribution < -0.4 is 21.9 Å². The summed E-state index contributed by atoms with van der Waals surface area (Å²) in [6, 6.07) is 1.95. The molecule has 0 bridgehead atoms. The third kappa shape index (κ3) is 3.85. The van der Waals surface area contributed by atoms with E-state index in [1.54, 1.807) is 23.9 Å². The van der Waals surface area contributed by atoms with Crippen LogP contribution in [0.2, 0.25) is 5.02 Å². The van der Waals surface area contributed by atoms with E-state index >= 15 is 0 Å². The van der Waals surface area contributed by atoms with Gasteiger partial charge in [0.25, 0.3) is 5.56 Å². The number of anilines is 2. The fourth-order valence-corrected chi connectivity index (χ4v) is 5.96. The maximum Gasteiger partial charge on any atom is 0.268 e. The molecule has 0 aromatic carbocycles. The Kier molecular flexibility index (Phi) is 5.52. The van der Waals surface area contributed by atoms with Gasteiger partial charge in [0.1, 0.15) is 5.82 Å². The summed E-state index contributed by atoms with van der Waals surface area (Å²) in [5, 5.41) is 0.457. The zero-order valence-corrected chi connectivity index (χ0v) is 18.3. The summed E-state index contributed by atoms with van der Waals surface area (Å²) >= 11 is 7.44. The number of halogens is 1. The van der Waals surface area contributed by atoms with Crippen LogP contribution in [0.4, 0.5) is 11.8 Å². The number of rotatable bonds is 3. The van der Waals surface area contributed by atoms with Crippen molar-refractivity contribution in [3.8, 4) is 0 Å². The number of pyridine rings is 1. The van der Waals surface area contributed by atoms with Crippen LogP contribution in [0.5, 0.6) is 0 Å². The molecule has 1 spiro atoms. The standard InChI is InChI=1S/C20H27ClN6OS/c1-12-7-16(22)20(9-12)3-5-27(6-4-20)19-25-11-15(18(28)26(19)2)29-14-8-17(23)24-10-13(14)21/h8,10-12,16H,3-7,9,22H2,1-2H3,(H2,23,24)/t12-,16+/m0/s1. The zero-order chi connectivity index (χ0) is 20.8. The van der Waals surface area contributed by atoms with Gasteiger partial charge in [0.2, 0.25) is 5.95 Å². The molecule has 0 amide bonds. The van der Waals surface area contributed by atoms with Gasteiger partial charge in [0.05, 0.1) is 16.1 Å². The molecule has 29 heavy (non-hydrogen) atoms. The summed E-state index contributed by atoms with van der Waals surface area (Å²) in [4.78, 5) is 24.9. The number of nitrogens with zero attached hydrogens (tertiary/aromatic N) is 4. The van der Waals surface area contributed by atoms with Gasteiger partial charge in [-0.25, -0.2) is 9.97 Å².